The molecule has 0 saturated carbocycles. The molecule has 0 radical (unpaired) electrons. The van der Waals surface area contributed by atoms with Crippen LogP contribution in [0.5, 0.6) is 5.75 Å². The number of ether oxygens (including phenoxy) is 1. The molecule has 28 heavy (non-hydrogen) atoms. The van der Waals surface area contributed by atoms with E-state index in [1.54, 1.807) is 37.3 Å². The lowest BCUT2D eigenvalue weighted by Gasteiger charge is -2.18. The number of aryl methyl sites for hydroxylation is 1. The van der Waals surface area contributed by atoms with Crippen molar-refractivity contribution in [2.45, 2.75) is 11.8 Å². The molecule has 0 aliphatic heterocycles. The van der Waals surface area contributed by atoms with Crippen molar-refractivity contribution in [3.8, 4) is 5.75 Å². The van der Waals surface area contributed by atoms with Gasteiger partial charge in [0.15, 0.2) is 0 Å². The van der Waals surface area contributed by atoms with Crippen LogP contribution in [0, 0.1) is 6.92 Å². The SMILES string of the molecule is COc1ccc(C)cc1S(=O)(=O)N(C)CC(=O)NN=Cc1c(Cl)cccc1Cl. The number of hydrogen-bond donors (Lipinski definition) is 1. The third kappa shape index (κ3) is 5.23. The Morgan fingerprint density at radius 3 is 2.50 bits per heavy atom. The Labute approximate surface area is 173 Å². The smallest absolute Gasteiger partial charge is 0.255 e. The van der Waals surface area contributed by atoms with Gasteiger partial charge < -0.3 is 4.74 Å². The lowest BCUT2D eigenvalue weighted by Crippen LogP contribution is -2.36. The fourth-order valence-corrected chi connectivity index (χ4v) is 4.14. The van der Waals surface area contributed by atoms with Crippen LogP contribution in [0.2, 0.25) is 10.0 Å². The average Bonchev–Trinajstić information content (AvgIpc) is 2.64. The van der Waals surface area contributed by atoms with Gasteiger partial charge in [-0.2, -0.15) is 9.41 Å². The predicted octanol–water partition coefficient (Wildman–Crippen LogP) is 3.08. The minimum atomic E-state index is -3.94. The molecule has 0 aliphatic carbocycles. The Balaban J connectivity index is 2.09. The van der Waals surface area contributed by atoms with Crippen LogP contribution in [-0.4, -0.2) is 45.5 Å². The van der Waals surface area contributed by atoms with Crippen LogP contribution in [0.1, 0.15) is 11.1 Å². The molecule has 0 spiro atoms. The molecule has 1 N–H and O–H groups in total. The number of nitrogens with zero attached hydrogens (tertiary/aromatic N) is 2. The van der Waals surface area contributed by atoms with Crippen molar-refractivity contribution in [2.75, 3.05) is 20.7 Å². The summed E-state index contributed by atoms with van der Waals surface area (Å²) in [6, 6.07) is 9.73. The molecule has 1 amide bonds. The van der Waals surface area contributed by atoms with Crippen molar-refractivity contribution >= 4 is 45.3 Å². The van der Waals surface area contributed by atoms with Gasteiger partial charge in [0.1, 0.15) is 10.6 Å². The molecular formula is C18H19Cl2N3O4S. The number of sulfonamides is 1. The second kappa shape index (κ2) is 9.38. The first-order valence-electron chi connectivity index (χ1n) is 8.03. The molecule has 2 aromatic carbocycles. The molecule has 0 aliphatic rings. The number of carbonyl (C=O) groups excluding carboxylic acids is 1. The van der Waals surface area contributed by atoms with Crippen molar-refractivity contribution in [3.05, 3.63) is 57.6 Å². The van der Waals surface area contributed by atoms with Gasteiger partial charge in [-0.15, -0.1) is 0 Å². The van der Waals surface area contributed by atoms with Crippen LogP contribution in [0.25, 0.3) is 0 Å². The summed E-state index contributed by atoms with van der Waals surface area (Å²) in [6.07, 6.45) is 1.29. The predicted molar refractivity (Wildman–Crippen MR) is 110 cm³/mol. The Kier molecular flexibility index (Phi) is 7.42. The van der Waals surface area contributed by atoms with Crippen LogP contribution in [0.15, 0.2) is 46.4 Å². The van der Waals surface area contributed by atoms with Gasteiger partial charge in [-0.1, -0.05) is 35.3 Å². The highest BCUT2D eigenvalue weighted by molar-refractivity contribution is 7.89. The highest BCUT2D eigenvalue weighted by Crippen LogP contribution is 2.27. The highest BCUT2D eigenvalue weighted by atomic mass is 35.5. The summed E-state index contributed by atoms with van der Waals surface area (Å²) in [7, 11) is -1.26. The number of hydrogen-bond acceptors (Lipinski definition) is 5. The van der Waals surface area contributed by atoms with Gasteiger partial charge in [-0.3, -0.25) is 4.79 Å². The lowest BCUT2D eigenvalue weighted by molar-refractivity contribution is -0.121. The van der Waals surface area contributed by atoms with Crippen molar-refractivity contribution in [1.82, 2.24) is 9.73 Å². The number of amides is 1. The third-order valence-electron chi connectivity index (χ3n) is 3.76. The fraction of sp³-hybridized carbons (Fsp3) is 0.222. The molecule has 0 atom stereocenters. The number of methoxy groups -OCH3 is 1. The number of halogens is 2. The Hall–Kier alpha value is -2.13. The minimum absolute atomic E-state index is 0.0170. The topological polar surface area (TPSA) is 88.1 Å². The van der Waals surface area contributed by atoms with Crippen LogP contribution in [-0.2, 0) is 14.8 Å². The number of rotatable bonds is 7. The van der Waals surface area contributed by atoms with E-state index >= 15 is 0 Å². The molecule has 7 nitrogen and oxygen atoms in total. The van der Waals surface area contributed by atoms with E-state index in [-0.39, 0.29) is 10.6 Å². The summed E-state index contributed by atoms with van der Waals surface area (Å²) in [5.41, 5.74) is 3.45. The van der Waals surface area contributed by atoms with E-state index in [0.29, 0.717) is 15.6 Å². The van der Waals surface area contributed by atoms with E-state index in [9.17, 15) is 13.2 Å². The zero-order valence-electron chi connectivity index (χ0n) is 15.4. The molecule has 150 valence electrons. The van der Waals surface area contributed by atoms with Gasteiger partial charge in [-0.05, 0) is 36.8 Å². The van der Waals surface area contributed by atoms with Gasteiger partial charge >= 0.3 is 0 Å². The zero-order valence-corrected chi connectivity index (χ0v) is 17.8. The van der Waals surface area contributed by atoms with Gasteiger partial charge in [-0.25, -0.2) is 13.8 Å². The molecule has 0 bridgehead atoms. The summed E-state index contributed by atoms with van der Waals surface area (Å²) >= 11 is 12.0. The third-order valence-corrected chi connectivity index (χ3v) is 6.24. The Morgan fingerprint density at radius 2 is 1.89 bits per heavy atom. The van der Waals surface area contributed by atoms with Gasteiger partial charge in [0.05, 0.1) is 29.9 Å². The van der Waals surface area contributed by atoms with E-state index in [1.165, 1.54) is 26.4 Å². The summed E-state index contributed by atoms with van der Waals surface area (Å²) in [6.45, 7) is 1.33. The van der Waals surface area contributed by atoms with E-state index < -0.39 is 22.5 Å². The molecule has 0 fully saturated rings. The molecule has 0 aromatic heterocycles. The number of carbonyl (C=O) groups is 1. The minimum Gasteiger partial charge on any atom is -0.495 e. The van der Waals surface area contributed by atoms with E-state index in [2.05, 4.69) is 10.5 Å². The Bertz CT molecular complexity index is 990. The number of benzene rings is 2. The maximum Gasteiger partial charge on any atom is 0.255 e. The van der Waals surface area contributed by atoms with E-state index in [0.717, 1.165) is 9.87 Å². The molecule has 0 saturated heterocycles. The van der Waals surface area contributed by atoms with Crippen molar-refractivity contribution in [1.29, 1.82) is 0 Å². The van der Waals surface area contributed by atoms with E-state index in [1.807, 2.05) is 0 Å². The number of nitrogens with one attached hydrogen (secondary N) is 1. The van der Waals surface area contributed by atoms with Crippen molar-refractivity contribution in [2.24, 2.45) is 5.10 Å². The fourth-order valence-electron chi connectivity index (χ4n) is 2.28. The second-order valence-corrected chi connectivity index (χ2v) is 8.67. The van der Waals surface area contributed by atoms with Crippen LogP contribution in [0.3, 0.4) is 0 Å². The summed E-state index contributed by atoms with van der Waals surface area (Å²) < 4.78 is 31.6. The molecular weight excluding hydrogens is 425 g/mol. The van der Waals surface area contributed by atoms with Gasteiger partial charge in [0.2, 0.25) is 10.0 Å². The maximum absolute atomic E-state index is 12.8. The standard InChI is InChI=1S/C18H19Cl2N3O4S/c1-12-7-8-16(27-3)17(9-12)28(25,26)23(2)11-18(24)22-21-10-13-14(19)5-4-6-15(13)20/h4-10H,11H2,1-3H3,(H,22,24). The quantitative estimate of drug-likeness (QED) is 0.525. The first-order chi connectivity index (χ1) is 13.2. The first-order valence-corrected chi connectivity index (χ1v) is 10.2. The largest absolute Gasteiger partial charge is 0.495 e. The normalized spacial score (nSPS) is 11.8. The average molecular weight is 444 g/mol. The Morgan fingerprint density at radius 1 is 1.25 bits per heavy atom. The van der Waals surface area contributed by atoms with E-state index in [4.69, 9.17) is 27.9 Å². The summed E-state index contributed by atoms with van der Waals surface area (Å²) in [5.74, 6) is -0.429. The maximum atomic E-state index is 12.8. The number of likely N-dealkylation sites (N-methyl/N-ethyl adjacent to an activating group) is 1. The first kappa shape index (κ1) is 22.2. The summed E-state index contributed by atoms with van der Waals surface area (Å²) in [5, 5.41) is 4.52. The molecule has 2 rings (SSSR count). The molecule has 0 unspecified atom stereocenters. The molecule has 10 heteroatoms. The monoisotopic (exact) mass is 443 g/mol. The second-order valence-electron chi connectivity index (χ2n) is 5.84. The van der Waals surface area contributed by atoms with Crippen LogP contribution in [0.4, 0.5) is 0 Å². The van der Waals surface area contributed by atoms with Gasteiger partial charge in [0.25, 0.3) is 5.91 Å². The summed E-state index contributed by atoms with van der Waals surface area (Å²) in [4.78, 5) is 12.1. The zero-order chi connectivity index (χ0) is 20.9. The highest BCUT2D eigenvalue weighted by Gasteiger charge is 2.26. The van der Waals surface area contributed by atoms with Crippen LogP contribution >= 0.6 is 23.2 Å². The molecule has 0 heterocycles. The van der Waals surface area contributed by atoms with Crippen molar-refractivity contribution < 1.29 is 17.9 Å². The lowest BCUT2D eigenvalue weighted by atomic mass is 10.2. The molecule has 2 aromatic rings. The van der Waals surface area contributed by atoms with Crippen LogP contribution < -0.4 is 10.2 Å². The van der Waals surface area contributed by atoms with Crippen molar-refractivity contribution in [3.63, 3.8) is 0 Å². The number of hydrazone groups is 1. The van der Waals surface area contributed by atoms with Gasteiger partial charge in [0, 0.05) is 12.6 Å².